The van der Waals surface area contributed by atoms with Crippen molar-refractivity contribution in [3.05, 3.63) is 29.8 Å². The predicted octanol–water partition coefficient (Wildman–Crippen LogP) is 3.04. The summed E-state index contributed by atoms with van der Waals surface area (Å²) in [4.78, 5) is 12.2. The van der Waals surface area contributed by atoms with Crippen molar-refractivity contribution in [1.29, 1.82) is 0 Å². The fourth-order valence-corrected chi connectivity index (χ4v) is 2.16. The first kappa shape index (κ1) is 17.5. The number of hydrogen-bond donors (Lipinski definition) is 2. The quantitative estimate of drug-likeness (QED) is 0.774. The third-order valence-corrected chi connectivity index (χ3v) is 3.82. The van der Waals surface area contributed by atoms with E-state index in [1.165, 1.54) is 0 Å². The molecular formula is C17H28N2O2. The fraction of sp³-hybridized carbons (Fsp3) is 0.588. The van der Waals surface area contributed by atoms with Crippen LogP contribution in [-0.2, 0) is 4.79 Å². The zero-order valence-electron chi connectivity index (χ0n) is 13.8. The van der Waals surface area contributed by atoms with Crippen LogP contribution >= 0.6 is 0 Å². The van der Waals surface area contributed by atoms with Crippen LogP contribution in [0.1, 0.15) is 52.1 Å². The van der Waals surface area contributed by atoms with Gasteiger partial charge in [0.15, 0.2) is 6.10 Å². The average Bonchev–Trinajstić information content (AvgIpc) is 2.51. The first-order valence-corrected chi connectivity index (χ1v) is 7.76. The molecule has 0 aromatic heterocycles. The maximum absolute atomic E-state index is 12.2. The highest BCUT2D eigenvalue weighted by molar-refractivity contribution is 5.81. The van der Waals surface area contributed by atoms with Crippen LogP contribution in [0.15, 0.2) is 24.3 Å². The molecule has 2 atom stereocenters. The molecule has 0 bridgehead atoms. The molecule has 2 unspecified atom stereocenters. The highest BCUT2D eigenvalue weighted by Crippen LogP contribution is 2.25. The van der Waals surface area contributed by atoms with Crippen LogP contribution in [0, 0.1) is 0 Å². The zero-order valence-corrected chi connectivity index (χ0v) is 13.8. The zero-order chi connectivity index (χ0) is 15.8. The molecule has 0 aliphatic rings. The van der Waals surface area contributed by atoms with Gasteiger partial charge in [0.2, 0.25) is 0 Å². The van der Waals surface area contributed by atoms with Gasteiger partial charge in [-0.15, -0.1) is 0 Å². The lowest BCUT2D eigenvalue weighted by atomic mass is 10.1. The number of ether oxygens (including phenoxy) is 1. The number of benzene rings is 1. The maximum Gasteiger partial charge on any atom is 0.260 e. The Bertz CT molecular complexity index is 444. The minimum atomic E-state index is -0.504. The van der Waals surface area contributed by atoms with Crippen LogP contribution < -0.4 is 15.4 Å². The number of amides is 1. The van der Waals surface area contributed by atoms with E-state index in [2.05, 4.69) is 31.4 Å². The Kier molecular flexibility index (Phi) is 7.23. The van der Waals surface area contributed by atoms with Crippen LogP contribution in [0.25, 0.3) is 0 Å². The number of carbonyl (C=O) groups excluding carboxylic acids is 1. The standard InChI is InChI=1S/C17H28N2O2/c1-6-14(7-2)19-17(20)13(4)21-16-11-9-8-10-15(16)12(3)18-5/h8-14,18H,6-7H2,1-5H3,(H,19,20). The van der Waals surface area contributed by atoms with Gasteiger partial charge in [-0.05, 0) is 39.8 Å². The van der Waals surface area contributed by atoms with Crippen molar-refractivity contribution in [2.75, 3.05) is 7.05 Å². The van der Waals surface area contributed by atoms with Crippen molar-refractivity contribution in [3.63, 3.8) is 0 Å². The topological polar surface area (TPSA) is 50.4 Å². The summed E-state index contributed by atoms with van der Waals surface area (Å²) in [5.41, 5.74) is 1.06. The van der Waals surface area contributed by atoms with E-state index in [0.29, 0.717) is 0 Å². The van der Waals surface area contributed by atoms with Gasteiger partial charge >= 0.3 is 0 Å². The van der Waals surface area contributed by atoms with E-state index in [1.54, 1.807) is 6.92 Å². The van der Waals surface area contributed by atoms with Crippen molar-refractivity contribution >= 4 is 5.91 Å². The van der Waals surface area contributed by atoms with Gasteiger partial charge in [-0.3, -0.25) is 4.79 Å². The van der Waals surface area contributed by atoms with Gasteiger partial charge < -0.3 is 15.4 Å². The van der Waals surface area contributed by atoms with Crippen LogP contribution in [0.4, 0.5) is 0 Å². The molecule has 1 aromatic rings. The lowest BCUT2D eigenvalue weighted by Gasteiger charge is -2.22. The number of nitrogens with one attached hydrogen (secondary N) is 2. The predicted molar refractivity (Wildman–Crippen MR) is 86.5 cm³/mol. The van der Waals surface area contributed by atoms with Gasteiger partial charge in [0.1, 0.15) is 5.75 Å². The summed E-state index contributed by atoms with van der Waals surface area (Å²) in [6.45, 7) is 8.00. The molecule has 0 saturated heterocycles. The Hall–Kier alpha value is -1.55. The van der Waals surface area contributed by atoms with Gasteiger partial charge in [0.25, 0.3) is 5.91 Å². The molecule has 118 valence electrons. The molecule has 0 aliphatic heterocycles. The first-order chi connectivity index (χ1) is 10.0. The summed E-state index contributed by atoms with van der Waals surface area (Å²) < 4.78 is 5.87. The normalized spacial score (nSPS) is 13.8. The summed E-state index contributed by atoms with van der Waals surface area (Å²) in [6, 6.07) is 8.22. The van der Waals surface area contributed by atoms with E-state index < -0.39 is 6.10 Å². The largest absolute Gasteiger partial charge is 0.481 e. The third kappa shape index (κ3) is 5.05. The average molecular weight is 292 g/mol. The summed E-state index contributed by atoms with van der Waals surface area (Å²) in [7, 11) is 1.91. The van der Waals surface area contributed by atoms with Crippen molar-refractivity contribution in [3.8, 4) is 5.75 Å². The Morgan fingerprint density at radius 2 is 1.81 bits per heavy atom. The molecule has 0 spiro atoms. The lowest BCUT2D eigenvalue weighted by molar-refractivity contribution is -0.128. The Morgan fingerprint density at radius 1 is 1.19 bits per heavy atom. The number of para-hydroxylation sites is 1. The van der Waals surface area contributed by atoms with Crippen molar-refractivity contribution in [2.45, 2.75) is 58.7 Å². The summed E-state index contributed by atoms with van der Waals surface area (Å²) in [6.07, 6.45) is 1.36. The van der Waals surface area contributed by atoms with Gasteiger partial charge in [-0.2, -0.15) is 0 Å². The molecule has 4 heteroatoms. The second-order valence-corrected chi connectivity index (χ2v) is 5.33. The minimum absolute atomic E-state index is 0.0596. The van der Waals surface area contributed by atoms with Gasteiger partial charge in [0, 0.05) is 17.6 Å². The molecule has 0 heterocycles. The maximum atomic E-state index is 12.2. The molecule has 2 N–H and O–H groups in total. The fourth-order valence-electron chi connectivity index (χ4n) is 2.16. The lowest BCUT2D eigenvalue weighted by Crippen LogP contribution is -2.42. The Morgan fingerprint density at radius 3 is 2.38 bits per heavy atom. The van der Waals surface area contributed by atoms with Crippen molar-refractivity contribution < 1.29 is 9.53 Å². The van der Waals surface area contributed by atoms with E-state index in [-0.39, 0.29) is 18.0 Å². The molecule has 21 heavy (non-hydrogen) atoms. The van der Waals surface area contributed by atoms with Crippen LogP contribution in [0.5, 0.6) is 5.75 Å². The van der Waals surface area contributed by atoms with E-state index in [4.69, 9.17) is 4.74 Å². The summed E-state index contributed by atoms with van der Waals surface area (Å²) in [5.74, 6) is 0.696. The molecular weight excluding hydrogens is 264 g/mol. The molecule has 0 radical (unpaired) electrons. The number of hydrogen-bond acceptors (Lipinski definition) is 3. The van der Waals surface area contributed by atoms with E-state index in [1.807, 2.05) is 31.3 Å². The number of carbonyl (C=O) groups is 1. The molecule has 1 rings (SSSR count). The monoisotopic (exact) mass is 292 g/mol. The molecule has 0 saturated carbocycles. The van der Waals surface area contributed by atoms with Gasteiger partial charge in [-0.25, -0.2) is 0 Å². The smallest absolute Gasteiger partial charge is 0.260 e. The van der Waals surface area contributed by atoms with E-state index >= 15 is 0 Å². The van der Waals surface area contributed by atoms with Crippen LogP contribution in [0.2, 0.25) is 0 Å². The first-order valence-electron chi connectivity index (χ1n) is 7.76. The molecule has 4 nitrogen and oxygen atoms in total. The minimum Gasteiger partial charge on any atom is -0.481 e. The second-order valence-electron chi connectivity index (χ2n) is 5.33. The molecule has 1 amide bonds. The molecule has 0 aliphatic carbocycles. The molecule has 0 fully saturated rings. The van der Waals surface area contributed by atoms with Gasteiger partial charge in [0.05, 0.1) is 0 Å². The molecule has 1 aromatic carbocycles. The van der Waals surface area contributed by atoms with Crippen molar-refractivity contribution in [2.24, 2.45) is 0 Å². The Balaban J connectivity index is 2.74. The van der Waals surface area contributed by atoms with Crippen molar-refractivity contribution in [1.82, 2.24) is 10.6 Å². The second kappa shape index (κ2) is 8.67. The van der Waals surface area contributed by atoms with E-state index in [0.717, 1.165) is 24.2 Å². The highest BCUT2D eigenvalue weighted by atomic mass is 16.5. The SMILES string of the molecule is CCC(CC)NC(=O)C(C)Oc1ccccc1C(C)NC. The van der Waals surface area contributed by atoms with Crippen LogP contribution in [0.3, 0.4) is 0 Å². The summed E-state index contributed by atoms with van der Waals surface area (Å²) in [5, 5.41) is 6.21. The summed E-state index contributed by atoms with van der Waals surface area (Å²) >= 11 is 0. The van der Waals surface area contributed by atoms with Gasteiger partial charge in [-0.1, -0.05) is 32.0 Å². The highest BCUT2D eigenvalue weighted by Gasteiger charge is 2.19. The Labute approximate surface area is 128 Å². The number of rotatable bonds is 8. The third-order valence-electron chi connectivity index (χ3n) is 3.82. The van der Waals surface area contributed by atoms with Crippen LogP contribution in [-0.4, -0.2) is 25.1 Å². The van der Waals surface area contributed by atoms with E-state index in [9.17, 15) is 4.79 Å².